The van der Waals surface area contributed by atoms with Gasteiger partial charge in [-0.3, -0.25) is 4.68 Å². The van der Waals surface area contributed by atoms with Gasteiger partial charge in [0.15, 0.2) is 0 Å². The summed E-state index contributed by atoms with van der Waals surface area (Å²) in [5, 5.41) is 15.1. The molecule has 1 aromatic carbocycles. The topological polar surface area (TPSA) is 38.0 Å². The zero-order valence-corrected chi connectivity index (χ0v) is 12.5. The van der Waals surface area contributed by atoms with Gasteiger partial charge in [0, 0.05) is 28.7 Å². The summed E-state index contributed by atoms with van der Waals surface area (Å²) < 4.78 is 2.66. The van der Waals surface area contributed by atoms with E-state index in [2.05, 4.69) is 21.0 Å². The lowest BCUT2D eigenvalue weighted by Gasteiger charge is -2.12. The van der Waals surface area contributed by atoms with Crippen molar-refractivity contribution in [2.24, 2.45) is 7.05 Å². The van der Waals surface area contributed by atoms with Gasteiger partial charge in [0.25, 0.3) is 0 Å². The fourth-order valence-electron chi connectivity index (χ4n) is 1.94. The quantitative estimate of drug-likeness (QED) is 0.937. The minimum atomic E-state index is -0.588. The van der Waals surface area contributed by atoms with Crippen molar-refractivity contribution in [1.29, 1.82) is 0 Å². The van der Waals surface area contributed by atoms with Crippen molar-refractivity contribution < 1.29 is 5.11 Å². The zero-order chi connectivity index (χ0) is 13.3. The Labute approximate surface area is 120 Å². The van der Waals surface area contributed by atoms with Gasteiger partial charge in [-0.15, -0.1) is 0 Å². The molecule has 0 fully saturated rings. The fraction of sp³-hybridized carbons (Fsp3) is 0.308. The van der Waals surface area contributed by atoms with Gasteiger partial charge >= 0.3 is 0 Å². The molecule has 2 rings (SSSR count). The zero-order valence-electron chi connectivity index (χ0n) is 10.2. The highest BCUT2D eigenvalue weighted by Crippen LogP contribution is 2.26. The van der Waals surface area contributed by atoms with E-state index >= 15 is 0 Å². The van der Waals surface area contributed by atoms with Gasteiger partial charge in [-0.05, 0) is 36.8 Å². The number of aromatic nitrogens is 2. The van der Waals surface area contributed by atoms with Crippen LogP contribution in [0.1, 0.15) is 23.1 Å². The highest BCUT2D eigenvalue weighted by Gasteiger charge is 2.13. The number of aryl methyl sites for hydroxylation is 2. The Kier molecular flexibility index (Phi) is 4.10. The van der Waals surface area contributed by atoms with Crippen molar-refractivity contribution >= 4 is 27.5 Å². The van der Waals surface area contributed by atoms with Gasteiger partial charge in [-0.2, -0.15) is 5.10 Å². The van der Waals surface area contributed by atoms with Crippen LogP contribution in [0.5, 0.6) is 0 Å². The molecular weight excluding hydrogens is 316 g/mol. The van der Waals surface area contributed by atoms with Crippen molar-refractivity contribution in [2.45, 2.75) is 19.4 Å². The molecule has 0 amide bonds. The van der Waals surface area contributed by atoms with Crippen LogP contribution in [0.15, 0.2) is 28.7 Å². The van der Waals surface area contributed by atoms with Gasteiger partial charge in [0.2, 0.25) is 0 Å². The second kappa shape index (κ2) is 5.43. The summed E-state index contributed by atoms with van der Waals surface area (Å²) in [6.45, 7) is 1.94. The number of hydrogen-bond donors (Lipinski definition) is 1. The Hall–Kier alpha value is -0.840. The number of benzene rings is 1. The van der Waals surface area contributed by atoms with Crippen LogP contribution < -0.4 is 0 Å². The third-order valence-electron chi connectivity index (χ3n) is 2.77. The Bertz CT molecular complexity index is 548. The summed E-state index contributed by atoms with van der Waals surface area (Å²) in [5.74, 6) is 0. The highest BCUT2D eigenvalue weighted by molar-refractivity contribution is 9.10. The van der Waals surface area contributed by atoms with E-state index in [0.29, 0.717) is 11.4 Å². The van der Waals surface area contributed by atoms with Crippen LogP contribution in [0.4, 0.5) is 0 Å². The highest BCUT2D eigenvalue weighted by atomic mass is 79.9. The van der Waals surface area contributed by atoms with Crippen molar-refractivity contribution in [1.82, 2.24) is 9.78 Å². The lowest BCUT2D eigenvalue weighted by molar-refractivity contribution is 0.175. The van der Waals surface area contributed by atoms with Gasteiger partial charge in [0.05, 0.1) is 11.8 Å². The first-order chi connectivity index (χ1) is 8.45. The number of rotatable bonds is 3. The SMILES string of the molecule is Cc1cc(CC(O)c2cc(Cl)cc(Br)c2)n(C)n1. The lowest BCUT2D eigenvalue weighted by atomic mass is 10.0. The molecule has 0 spiro atoms. The maximum absolute atomic E-state index is 10.2. The van der Waals surface area contributed by atoms with Crippen LogP contribution in [0.2, 0.25) is 5.02 Å². The fourth-order valence-corrected chi connectivity index (χ4v) is 2.83. The van der Waals surface area contributed by atoms with E-state index in [1.54, 1.807) is 16.8 Å². The van der Waals surface area contributed by atoms with E-state index in [0.717, 1.165) is 21.4 Å². The number of halogens is 2. The number of nitrogens with zero attached hydrogens (tertiary/aromatic N) is 2. The number of hydrogen-bond acceptors (Lipinski definition) is 2. The minimum Gasteiger partial charge on any atom is -0.388 e. The van der Waals surface area contributed by atoms with Crippen molar-refractivity contribution in [2.75, 3.05) is 0 Å². The molecule has 0 saturated carbocycles. The maximum atomic E-state index is 10.2. The van der Waals surface area contributed by atoms with Gasteiger partial charge in [-0.25, -0.2) is 0 Å². The Balaban J connectivity index is 2.21. The Morgan fingerprint density at radius 3 is 2.67 bits per heavy atom. The molecular formula is C13H14BrClN2O. The average molecular weight is 330 g/mol. The van der Waals surface area contributed by atoms with Crippen molar-refractivity contribution in [3.8, 4) is 0 Å². The predicted octanol–water partition coefficient (Wildman–Crippen LogP) is 3.42. The largest absolute Gasteiger partial charge is 0.388 e. The second-order valence-electron chi connectivity index (χ2n) is 4.32. The molecule has 0 bridgehead atoms. The monoisotopic (exact) mass is 328 g/mol. The molecule has 18 heavy (non-hydrogen) atoms. The molecule has 0 aliphatic heterocycles. The summed E-state index contributed by atoms with van der Waals surface area (Å²) in [5.41, 5.74) is 2.75. The van der Waals surface area contributed by atoms with E-state index in [1.165, 1.54) is 0 Å². The summed E-state index contributed by atoms with van der Waals surface area (Å²) in [6.07, 6.45) is -0.0702. The summed E-state index contributed by atoms with van der Waals surface area (Å²) >= 11 is 9.35. The molecule has 0 aliphatic rings. The van der Waals surface area contributed by atoms with E-state index in [9.17, 15) is 5.11 Å². The van der Waals surface area contributed by atoms with Gasteiger partial charge in [0.1, 0.15) is 0 Å². The molecule has 1 atom stereocenters. The standard InChI is InChI=1S/C13H14BrClN2O/c1-8-3-12(17(2)16-8)7-13(18)9-4-10(14)6-11(15)5-9/h3-6,13,18H,7H2,1-2H3. The summed E-state index contributed by atoms with van der Waals surface area (Å²) in [7, 11) is 1.88. The Morgan fingerprint density at radius 2 is 2.11 bits per heavy atom. The van der Waals surface area contributed by atoms with E-state index < -0.39 is 6.10 Å². The summed E-state index contributed by atoms with van der Waals surface area (Å²) in [6, 6.07) is 7.43. The third kappa shape index (κ3) is 3.13. The first kappa shape index (κ1) is 13.6. The van der Waals surface area contributed by atoms with Gasteiger partial charge in [-0.1, -0.05) is 27.5 Å². The van der Waals surface area contributed by atoms with E-state index in [1.807, 2.05) is 26.1 Å². The van der Waals surface area contributed by atoms with Gasteiger partial charge < -0.3 is 5.11 Å². The predicted molar refractivity (Wildman–Crippen MR) is 75.8 cm³/mol. The van der Waals surface area contributed by atoms with E-state index in [4.69, 9.17) is 11.6 Å². The molecule has 0 saturated heterocycles. The first-order valence-electron chi connectivity index (χ1n) is 5.59. The lowest BCUT2D eigenvalue weighted by Crippen LogP contribution is -2.06. The van der Waals surface area contributed by atoms with E-state index in [-0.39, 0.29) is 0 Å². The molecule has 1 N–H and O–H groups in total. The molecule has 96 valence electrons. The first-order valence-corrected chi connectivity index (χ1v) is 6.76. The maximum Gasteiger partial charge on any atom is 0.0846 e. The van der Waals surface area contributed by atoms with Crippen molar-refractivity contribution in [3.63, 3.8) is 0 Å². The molecule has 0 aliphatic carbocycles. The number of aliphatic hydroxyl groups excluding tert-OH is 1. The molecule has 1 heterocycles. The number of aliphatic hydroxyl groups is 1. The average Bonchev–Trinajstić information content (AvgIpc) is 2.56. The molecule has 3 nitrogen and oxygen atoms in total. The molecule has 1 unspecified atom stereocenters. The Morgan fingerprint density at radius 1 is 1.39 bits per heavy atom. The van der Waals surface area contributed by atoms with Crippen molar-refractivity contribution in [3.05, 3.63) is 50.7 Å². The van der Waals surface area contributed by atoms with Crippen LogP contribution in [0, 0.1) is 6.92 Å². The smallest absolute Gasteiger partial charge is 0.0846 e. The minimum absolute atomic E-state index is 0.518. The molecule has 2 aromatic rings. The van der Waals surface area contributed by atoms with Crippen LogP contribution >= 0.6 is 27.5 Å². The van der Waals surface area contributed by atoms with Crippen LogP contribution in [-0.4, -0.2) is 14.9 Å². The normalized spacial score (nSPS) is 12.7. The summed E-state index contributed by atoms with van der Waals surface area (Å²) in [4.78, 5) is 0. The molecule has 0 radical (unpaired) electrons. The van der Waals surface area contributed by atoms with Crippen LogP contribution in [0.3, 0.4) is 0 Å². The second-order valence-corrected chi connectivity index (χ2v) is 5.68. The van der Waals surface area contributed by atoms with Crippen LogP contribution in [0.25, 0.3) is 0 Å². The van der Waals surface area contributed by atoms with Crippen LogP contribution in [-0.2, 0) is 13.5 Å². The molecule has 5 heteroatoms. The third-order valence-corrected chi connectivity index (χ3v) is 3.45. The molecule has 1 aromatic heterocycles.